The van der Waals surface area contributed by atoms with E-state index in [0.29, 0.717) is 36.1 Å². The molecule has 6 rings (SSSR count). The third-order valence-electron chi connectivity index (χ3n) is 10.6. The lowest BCUT2D eigenvalue weighted by Gasteiger charge is -2.49. The summed E-state index contributed by atoms with van der Waals surface area (Å²) >= 11 is 6.37. The summed E-state index contributed by atoms with van der Waals surface area (Å²) in [6.07, 6.45) is 11.6. The zero-order valence-electron chi connectivity index (χ0n) is 28.2. The van der Waals surface area contributed by atoms with Crippen molar-refractivity contribution in [2.45, 2.75) is 83.2 Å². The fourth-order valence-corrected chi connectivity index (χ4v) is 8.86. The van der Waals surface area contributed by atoms with Gasteiger partial charge in [0.25, 0.3) is 5.91 Å². The normalized spacial score (nSPS) is 28.4. The van der Waals surface area contributed by atoms with Gasteiger partial charge in [0.1, 0.15) is 18.1 Å². The number of aryl methyl sites for hydroxylation is 2. The van der Waals surface area contributed by atoms with Gasteiger partial charge in [-0.25, -0.2) is 18.1 Å². The number of hydrogen-bond acceptors (Lipinski definition) is 8. The summed E-state index contributed by atoms with van der Waals surface area (Å²) in [6.45, 7) is 7.23. The van der Waals surface area contributed by atoms with Gasteiger partial charge in [0, 0.05) is 30.8 Å². The van der Waals surface area contributed by atoms with Crippen molar-refractivity contribution < 1.29 is 27.1 Å². The van der Waals surface area contributed by atoms with E-state index in [-0.39, 0.29) is 23.3 Å². The summed E-state index contributed by atoms with van der Waals surface area (Å²) in [5.41, 5.74) is 2.60. The number of oxazole rings is 1. The van der Waals surface area contributed by atoms with Crippen LogP contribution in [0.4, 0.5) is 5.69 Å². The van der Waals surface area contributed by atoms with E-state index in [0.717, 1.165) is 62.2 Å². The van der Waals surface area contributed by atoms with Crippen LogP contribution in [-0.2, 0) is 34.2 Å². The number of aromatic nitrogens is 1. The minimum absolute atomic E-state index is 0.163. The van der Waals surface area contributed by atoms with Crippen molar-refractivity contribution in [1.29, 1.82) is 0 Å². The topological polar surface area (TPSA) is 111 Å². The van der Waals surface area contributed by atoms with E-state index in [1.165, 1.54) is 5.56 Å². The number of rotatable bonds is 3. The maximum absolute atomic E-state index is 13.5. The molecule has 2 aliphatic heterocycles. The standard InChI is InChI=1S/C37H46ClN3O6S/c1-24-8-7-16-37(45-4,20-35-39-21-25(2)47-35)32-14-11-29(32)22-41-17-6-5-9-27-18-31(38)13-10-30(27)23-46-34-15-12-28(19-33(34)41)36(42)40-48(43,44)26(24)3/h7,10,12-13,15-16,18-19,21,24,26,29,32H,5-6,8-9,11,14,17,20,22-23H2,1-4H3,(H,40,42)/b16-7+/t24-,26+,29-,32+,37+/m0/s1. The van der Waals surface area contributed by atoms with Crippen LogP contribution in [0.2, 0.25) is 5.02 Å². The molecule has 1 aliphatic carbocycles. The number of ether oxygens (including phenoxy) is 2. The lowest BCUT2D eigenvalue weighted by Crippen LogP contribution is -2.52. The van der Waals surface area contributed by atoms with Crippen LogP contribution in [0.3, 0.4) is 0 Å². The molecule has 9 nitrogen and oxygen atoms in total. The monoisotopic (exact) mass is 695 g/mol. The Bertz CT molecular complexity index is 1770. The quantitative estimate of drug-likeness (QED) is 0.290. The van der Waals surface area contributed by atoms with Gasteiger partial charge in [-0.1, -0.05) is 36.7 Å². The van der Waals surface area contributed by atoms with E-state index in [1.807, 2.05) is 38.1 Å². The SMILES string of the molecule is CO[C@@]1(Cc2ncc(C)o2)/C=C/C[C@H](C)[C@@H](C)S(=O)(=O)NC(=O)c2ccc3c(c2)N(CCCCc2cc(Cl)ccc2CO3)C[C@@H]2CC[C@H]21. The van der Waals surface area contributed by atoms with Gasteiger partial charge < -0.3 is 18.8 Å². The van der Waals surface area contributed by atoms with Gasteiger partial charge in [0.2, 0.25) is 10.0 Å². The van der Waals surface area contributed by atoms with Crippen molar-refractivity contribution in [2.24, 2.45) is 17.8 Å². The molecule has 1 aromatic heterocycles. The van der Waals surface area contributed by atoms with Crippen LogP contribution in [0.5, 0.6) is 5.75 Å². The molecule has 5 atom stereocenters. The minimum atomic E-state index is -3.97. The predicted octanol–water partition coefficient (Wildman–Crippen LogP) is 7.06. The zero-order valence-corrected chi connectivity index (χ0v) is 29.8. The summed E-state index contributed by atoms with van der Waals surface area (Å²) in [6, 6.07) is 11.1. The number of allylic oxidation sites excluding steroid dienone is 1. The highest BCUT2D eigenvalue weighted by Gasteiger charge is 2.48. The third kappa shape index (κ3) is 7.31. The van der Waals surface area contributed by atoms with E-state index in [2.05, 4.69) is 20.7 Å². The van der Waals surface area contributed by atoms with Crippen molar-refractivity contribution in [2.75, 3.05) is 25.1 Å². The number of fused-ring (bicyclic) bond motifs is 3. The molecular weight excluding hydrogens is 650 g/mol. The molecule has 258 valence electrons. The predicted molar refractivity (Wildman–Crippen MR) is 187 cm³/mol. The maximum atomic E-state index is 13.5. The average Bonchev–Trinajstić information content (AvgIpc) is 3.44. The first-order valence-corrected chi connectivity index (χ1v) is 18.9. The molecule has 3 heterocycles. The molecule has 0 unspecified atom stereocenters. The van der Waals surface area contributed by atoms with E-state index in [1.54, 1.807) is 38.4 Å². The van der Waals surface area contributed by atoms with Crippen LogP contribution in [0.1, 0.15) is 79.1 Å². The fourth-order valence-electron chi connectivity index (χ4n) is 7.38. The summed E-state index contributed by atoms with van der Waals surface area (Å²) in [7, 11) is -2.23. The van der Waals surface area contributed by atoms with Crippen molar-refractivity contribution in [3.63, 3.8) is 0 Å². The Morgan fingerprint density at radius 1 is 1.12 bits per heavy atom. The molecule has 3 aromatic rings. The maximum Gasteiger partial charge on any atom is 0.264 e. The van der Waals surface area contributed by atoms with E-state index in [4.69, 9.17) is 25.5 Å². The number of hydrogen-bond donors (Lipinski definition) is 1. The summed E-state index contributed by atoms with van der Waals surface area (Å²) in [5.74, 6) is 1.54. The Morgan fingerprint density at radius 3 is 2.69 bits per heavy atom. The largest absolute Gasteiger partial charge is 0.487 e. The van der Waals surface area contributed by atoms with E-state index < -0.39 is 26.8 Å². The van der Waals surface area contributed by atoms with Gasteiger partial charge in [-0.2, -0.15) is 0 Å². The highest BCUT2D eigenvalue weighted by Crippen LogP contribution is 2.47. The van der Waals surface area contributed by atoms with Crippen molar-refractivity contribution in [3.05, 3.63) is 88.1 Å². The first kappa shape index (κ1) is 34.5. The number of carbonyl (C=O) groups is 1. The number of sulfonamides is 1. The molecule has 11 heteroatoms. The molecule has 1 fully saturated rings. The Morgan fingerprint density at radius 2 is 1.96 bits per heavy atom. The summed E-state index contributed by atoms with van der Waals surface area (Å²) in [5, 5.41) is -0.105. The fraction of sp³-hybridized carbons (Fsp3) is 0.514. The molecule has 1 N–H and O–H groups in total. The van der Waals surface area contributed by atoms with Crippen LogP contribution < -0.4 is 14.4 Å². The second-order valence-electron chi connectivity index (χ2n) is 13.7. The number of anilines is 1. The Labute approximate surface area is 289 Å². The van der Waals surface area contributed by atoms with Gasteiger partial charge >= 0.3 is 0 Å². The number of amides is 1. The minimum Gasteiger partial charge on any atom is -0.487 e. The molecule has 2 bridgehead atoms. The van der Waals surface area contributed by atoms with Crippen LogP contribution >= 0.6 is 11.6 Å². The lowest BCUT2D eigenvalue weighted by atomic mass is 9.63. The number of halogens is 1. The van der Waals surface area contributed by atoms with Gasteiger partial charge in [-0.05, 0) is 112 Å². The van der Waals surface area contributed by atoms with Crippen LogP contribution in [0.15, 0.2) is 59.2 Å². The van der Waals surface area contributed by atoms with Gasteiger partial charge in [-0.3, -0.25) is 4.79 Å². The molecular formula is C37H46ClN3O6S. The molecule has 1 saturated carbocycles. The van der Waals surface area contributed by atoms with E-state index >= 15 is 0 Å². The van der Waals surface area contributed by atoms with Crippen molar-refractivity contribution in [1.82, 2.24) is 9.71 Å². The zero-order chi connectivity index (χ0) is 34.1. The number of carbonyl (C=O) groups excluding carboxylic acids is 1. The Hall–Kier alpha value is -3.34. The van der Waals surface area contributed by atoms with Crippen LogP contribution in [0.25, 0.3) is 0 Å². The first-order chi connectivity index (χ1) is 23.0. The van der Waals surface area contributed by atoms with Crippen molar-refractivity contribution in [3.8, 4) is 5.75 Å². The molecule has 0 saturated heterocycles. The highest BCUT2D eigenvalue weighted by molar-refractivity contribution is 7.90. The average molecular weight is 696 g/mol. The lowest BCUT2D eigenvalue weighted by molar-refractivity contribution is -0.0776. The van der Waals surface area contributed by atoms with Gasteiger partial charge in [0.05, 0.1) is 29.2 Å². The summed E-state index contributed by atoms with van der Waals surface area (Å²) in [4.78, 5) is 20.4. The third-order valence-corrected chi connectivity index (χ3v) is 12.8. The molecule has 2 aromatic carbocycles. The Kier molecular flexibility index (Phi) is 10.3. The van der Waals surface area contributed by atoms with Crippen LogP contribution in [-0.4, -0.2) is 50.4 Å². The number of benzene rings is 2. The Balaban J connectivity index is 1.42. The molecule has 1 amide bonds. The smallest absolute Gasteiger partial charge is 0.264 e. The second kappa shape index (κ2) is 14.3. The number of nitrogens with one attached hydrogen (secondary N) is 1. The molecule has 0 spiro atoms. The van der Waals surface area contributed by atoms with Crippen LogP contribution in [0, 0.1) is 24.7 Å². The van der Waals surface area contributed by atoms with Gasteiger partial charge in [0.15, 0.2) is 5.89 Å². The second-order valence-corrected chi connectivity index (χ2v) is 16.2. The van der Waals surface area contributed by atoms with E-state index in [9.17, 15) is 13.2 Å². The first-order valence-electron chi connectivity index (χ1n) is 17.0. The summed E-state index contributed by atoms with van der Waals surface area (Å²) < 4.78 is 48.1. The van der Waals surface area contributed by atoms with Gasteiger partial charge in [-0.15, -0.1) is 0 Å². The molecule has 0 radical (unpaired) electrons. The molecule has 48 heavy (non-hydrogen) atoms. The molecule has 3 aliphatic rings. The van der Waals surface area contributed by atoms with Crippen molar-refractivity contribution >= 4 is 33.2 Å². The number of methoxy groups -OCH3 is 1. The highest BCUT2D eigenvalue weighted by atomic mass is 35.5. The number of nitrogens with zero attached hydrogens (tertiary/aromatic N) is 2.